The molecule has 1 aromatic carbocycles. The van der Waals surface area contributed by atoms with Gasteiger partial charge in [-0.2, -0.15) is 0 Å². The number of halogens is 3. The van der Waals surface area contributed by atoms with Crippen molar-refractivity contribution < 1.29 is 22.3 Å². The number of hydrogen-bond acceptors (Lipinski definition) is 7. The molecule has 26 heavy (non-hydrogen) atoms. The maximum atomic E-state index is 12.2. The second-order valence-electron chi connectivity index (χ2n) is 5.11. The molecule has 3 aromatic rings. The number of rotatable bonds is 6. The van der Waals surface area contributed by atoms with E-state index in [0.717, 1.165) is 0 Å². The van der Waals surface area contributed by atoms with Crippen molar-refractivity contribution in [3.8, 4) is 5.75 Å². The predicted octanol–water partition coefficient (Wildman–Crippen LogP) is 3.91. The van der Waals surface area contributed by atoms with E-state index in [2.05, 4.69) is 25.3 Å². The van der Waals surface area contributed by atoms with E-state index in [1.165, 1.54) is 30.6 Å². The van der Waals surface area contributed by atoms with Gasteiger partial charge in [0.15, 0.2) is 11.6 Å². The number of nitrogens with zero attached hydrogens (tertiary/aromatic N) is 2. The zero-order valence-corrected chi connectivity index (χ0v) is 13.2. The minimum atomic E-state index is -4.74. The SMILES string of the molecule is Nc1c(NCc2ccco2)ncnc1Nc1ccc(OC(F)(F)F)cc1. The number of nitrogen functional groups attached to an aromatic ring is 1. The Morgan fingerprint density at radius 2 is 1.81 bits per heavy atom. The number of furan rings is 1. The Morgan fingerprint density at radius 3 is 2.46 bits per heavy atom. The van der Waals surface area contributed by atoms with Crippen LogP contribution in [0, 0.1) is 0 Å². The van der Waals surface area contributed by atoms with Crippen molar-refractivity contribution in [1.29, 1.82) is 0 Å². The molecule has 0 unspecified atom stereocenters. The normalized spacial score (nSPS) is 11.2. The van der Waals surface area contributed by atoms with Crippen molar-refractivity contribution >= 4 is 23.0 Å². The molecule has 0 aliphatic carbocycles. The fraction of sp³-hybridized carbons (Fsp3) is 0.125. The lowest BCUT2D eigenvalue weighted by atomic mass is 10.3. The minimum absolute atomic E-state index is 0.259. The van der Waals surface area contributed by atoms with E-state index in [9.17, 15) is 13.2 Å². The van der Waals surface area contributed by atoms with Crippen molar-refractivity contribution in [3.05, 3.63) is 54.7 Å². The van der Waals surface area contributed by atoms with Gasteiger partial charge in [0.1, 0.15) is 23.5 Å². The van der Waals surface area contributed by atoms with Gasteiger partial charge < -0.3 is 25.5 Å². The summed E-state index contributed by atoms with van der Waals surface area (Å²) in [5.41, 5.74) is 6.78. The quantitative estimate of drug-likeness (QED) is 0.609. The van der Waals surface area contributed by atoms with Gasteiger partial charge in [-0.15, -0.1) is 13.2 Å². The first kappa shape index (κ1) is 17.4. The highest BCUT2D eigenvalue weighted by Gasteiger charge is 2.30. The number of nitrogens with one attached hydrogen (secondary N) is 2. The molecule has 0 amide bonds. The van der Waals surface area contributed by atoms with Gasteiger partial charge in [-0.05, 0) is 36.4 Å². The summed E-state index contributed by atoms with van der Waals surface area (Å²) in [6, 6.07) is 8.76. The van der Waals surface area contributed by atoms with E-state index in [-0.39, 0.29) is 11.4 Å². The molecule has 0 aliphatic rings. The van der Waals surface area contributed by atoms with Gasteiger partial charge in [0.05, 0.1) is 12.8 Å². The third-order valence-corrected chi connectivity index (χ3v) is 3.24. The Hall–Kier alpha value is -3.43. The van der Waals surface area contributed by atoms with Crippen LogP contribution in [0.15, 0.2) is 53.4 Å². The summed E-state index contributed by atoms with van der Waals surface area (Å²) in [4.78, 5) is 8.10. The van der Waals surface area contributed by atoms with Gasteiger partial charge >= 0.3 is 6.36 Å². The zero-order chi connectivity index (χ0) is 18.6. The second kappa shape index (κ2) is 7.21. The Balaban J connectivity index is 1.68. The maximum Gasteiger partial charge on any atom is 0.573 e. The lowest BCUT2D eigenvalue weighted by molar-refractivity contribution is -0.274. The third-order valence-electron chi connectivity index (χ3n) is 3.24. The minimum Gasteiger partial charge on any atom is -0.467 e. The van der Waals surface area contributed by atoms with Gasteiger partial charge in [0, 0.05) is 5.69 Å². The Morgan fingerprint density at radius 1 is 1.08 bits per heavy atom. The number of anilines is 4. The fourth-order valence-electron chi connectivity index (χ4n) is 2.10. The van der Waals surface area contributed by atoms with Crippen molar-refractivity contribution in [2.24, 2.45) is 0 Å². The average molecular weight is 365 g/mol. The van der Waals surface area contributed by atoms with Gasteiger partial charge in [-0.25, -0.2) is 9.97 Å². The monoisotopic (exact) mass is 365 g/mol. The maximum absolute atomic E-state index is 12.2. The van der Waals surface area contributed by atoms with Crippen LogP contribution in [0.3, 0.4) is 0 Å². The first-order chi connectivity index (χ1) is 12.4. The summed E-state index contributed by atoms with van der Waals surface area (Å²) in [5.74, 6) is 1.10. The van der Waals surface area contributed by atoms with Crippen LogP contribution in [0.1, 0.15) is 5.76 Å². The smallest absolute Gasteiger partial charge is 0.467 e. The number of benzene rings is 1. The fourth-order valence-corrected chi connectivity index (χ4v) is 2.10. The molecular formula is C16H14F3N5O2. The third kappa shape index (κ3) is 4.56. The number of hydrogen-bond donors (Lipinski definition) is 3. The zero-order valence-electron chi connectivity index (χ0n) is 13.2. The topological polar surface area (TPSA) is 98.2 Å². The molecule has 0 atom stereocenters. The van der Waals surface area contributed by atoms with Crippen molar-refractivity contribution in [1.82, 2.24) is 9.97 Å². The van der Waals surface area contributed by atoms with Crippen molar-refractivity contribution in [2.75, 3.05) is 16.4 Å². The molecule has 0 bridgehead atoms. The summed E-state index contributed by atoms with van der Waals surface area (Å²) in [5, 5.41) is 5.94. The summed E-state index contributed by atoms with van der Waals surface area (Å²) in [7, 11) is 0. The van der Waals surface area contributed by atoms with E-state index in [4.69, 9.17) is 10.2 Å². The molecule has 0 aliphatic heterocycles. The van der Waals surface area contributed by atoms with Crippen LogP contribution in [0.2, 0.25) is 0 Å². The molecule has 2 heterocycles. The lowest BCUT2D eigenvalue weighted by Gasteiger charge is -2.13. The van der Waals surface area contributed by atoms with Crippen LogP contribution >= 0.6 is 0 Å². The van der Waals surface area contributed by atoms with Crippen LogP contribution in [0.25, 0.3) is 0 Å². The lowest BCUT2D eigenvalue weighted by Crippen LogP contribution is -2.17. The number of aromatic nitrogens is 2. The number of ether oxygens (including phenoxy) is 1. The van der Waals surface area contributed by atoms with E-state index in [0.29, 0.717) is 29.6 Å². The van der Waals surface area contributed by atoms with Crippen molar-refractivity contribution in [2.45, 2.75) is 12.9 Å². The standard InChI is InChI=1S/C16H14F3N5O2/c17-16(18,19)26-11-5-3-10(4-6-11)24-15-13(20)14(22-9-23-15)21-8-12-2-1-7-25-12/h1-7,9H,8,20H2,(H2,21,22,23,24). The average Bonchev–Trinajstić information content (AvgIpc) is 3.09. The van der Waals surface area contributed by atoms with Gasteiger partial charge in [-0.3, -0.25) is 0 Å². The number of nitrogens with two attached hydrogens (primary N) is 1. The summed E-state index contributed by atoms with van der Waals surface area (Å²) >= 11 is 0. The molecule has 136 valence electrons. The van der Waals surface area contributed by atoms with E-state index in [1.807, 2.05) is 0 Å². The molecule has 4 N–H and O–H groups in total. The van der Waals surface area contributed by atoms with E-state index < -0.39 is 6.36 Å². The summed E-state index contributed by atoms with van der Waals surface area (Å²) in [6.07, 6.45) is -1.87. The Bertz CT molecular complexity index is 851. The molecular weight excluding hydrogens is 351 g/mol. The first-order valence-corrected chi connectivity index (χ1v) is 7.40. The largest absolute Gasteiger partial charge is 0.573 e. The summed E-state index contributed by atoms with van der Waals surface area (Å²) < 4.78 is 45.6. The van der Waals surface area contributed by atoms with Crippen molar-refractivity contribution in [3.63, 3.8) is 0 Å². The molecule has 0 saturated carbocycles. The highest BCUT2D eigenvalue weighted by Crippen LogP contribution is 2.28. The van der Waals surface area contributed by atoms with E-state index >= 15 is 0 Å². The molecule has 2 aromatic heterocycles. The van der Waals surface area contributed by atoms with Crippen LogP contribution in [0.5, 0.6) is 5.75 Å². The molecule has 0 saturated heterocycles. The molecule has 7 nitrogen and oxygen atoms in total. The van der Waals surface area contributed by atoms with Crippen LogP contribution in [-0.2, 0) is 6.54 Å². The molecule has 0 fully saturated rings. The number of alkyl halides is 3. The molecule has 0 radical (unpaired) electrons. The summed E-state index contributed by atoms with van der Waals surface area (Å²) in [6.45, 7) is 0.386. The highest BCUT2D eigenvalue weighted by molar-refractivity contribution is 5.77. The van der Waals surface area contributed by atoms with Gasteiger partial charge in [-0.1, -0.05) is 0 Å². The van der Waals surface area contributed by atoms with Crippen LogP contribution < -0.4 is 21.1 Å². The first-order valence-electron chi connectivity index (χ1n) is 7.40. The Labute approximate surface area is 146 Å². The molecule has 10 heteroatoms. The predicted molar refractivity (Wildman–Crippen MR) is 88.9 cm³/mol. The second-order valence-corrected chi connectivity index (χ2v) is 5.11. The van der Waals surface area contributed by atoms with Crippen LogP contribution in [0.4, 0.5) is 36.2 Å². The molecule has 3 rings (SSSR count). The van der Waals surface area contributed by atoms with Gasteiger partial charge in [0.25, 0.3) is 0 Å². The van der Waals surface area contributed by atoms with E-state index in [1.54, 1.807) is 18.4 Å². The highest BCUT2D eigenvalue weighted by atomic mass is 19.4. The molecule has 0 spiro atoms. The van der Waals surface area contributed by atoms with Crippen LogP contribution in [-0.4, -0.2) is 16.3 Å². The van der Waals surface area contributed by atoms with Gasteiger partial charge in [0.2, 0.25) is 0 Å². The Kier molecular flexibility index (Phi) is 4.83.